The normalized spacial score (nSPS) is 12.3. The van der Waals surface area contributed by atoms with E-state index in [1.54, 1.807) is 18.6 Å². The maximum atomic E-state index is 13.1. The molecular formula is C22H20F3N5O. The fourth-order valence-electron chi connectivity index (χ4n) is 3.21. The second-order valence-corrected chi connectivity index (χ2v) is 8.36. The highest BCUT2D eigenvalue weighted by molar-refractivity contribution is 5.77. The molecule has 0 aliphatic rings. The molecule has 3 aromatic heterocycles. The van der Waals surface area contributed by atoms with Crippen LogP contribution in [0, 0.1) is 5.41 Å². The molecule has 0 radical (unpaired) electrons. The largest absolute Gasteiger partial charge is 0.416 e. The molecule has 3 heterocycles. The van der Waals surface area contributed by atoms with Crippen LogP contribution in [-0.2, 0) is 12.7 Å². The summed E-state index contributed by atoms with van der Waals surface area (Å²) >= 11 is 0. The number of nitrogens with zero attached hydrogens (tertiary/aromatic N) is 5. The second-order valence-electron chi connectivity index (χ2n) is 8.36. The molecule has 1 aromatic carbocycles. The molecule has 4 aromatic rings. The lowest BCUT2D eigenvalue weighted by Gasteiger charge is -2.20. The SMILES string of the molecule is CC(C)(C)Cn1ncc(-c2nc(-c3cccc(C(F)(F)F)c3)no2)c1-c1ccncc1. The van der Waals surface area contributed by atoms with Gasteiger partial charge in [0, 0.05) is 30.1 Å². The van der Waals surface area contributed by atoms with Crippen molar-refractivity contribution in [1.29, 1.82) is 0 Å². The Morgan fingerprint density at radius 1 is 1.00 bits per heavy atom. The van der Waals surface area contributed by atoms with Gasteiger partial charge in [-0.15, -0.1) is 0 Å². The third-order valence-corrected chi connectivity index (χ3v) is 4.52. The lowest BCUT2D eigenvalue weighted by Crippen LogP contribution is -2.17. The van der Waals surface area contributed by atoms with Gasteiger partial charge in [0.05, 0.1) is 23.0 Å². The topological polar surface area (TPSA) is 69.6 Å². The lowest BCUT2D eigenvalue weighted by molar-refractivity contribution is -0.137. The van der Waals surface area contributed by atoms with Gasteiger partial charge in [-0.3, -0.25) is 9.67 Å². The van der Waals surface area contributed by atoms with E-state index in [4.69, 9.17) is 4.52 Å². The summed E-state index contributed by atoms with van der Waals surface area (Å²) in [5.74, 6) is 0.254. The van der Waals surface area contributed by atoms with E-state index in [2.05, 4.69) is 41.0 Å². The molecular weight excluding hydrogens is 407 g/mol. The molecule has 0 fully saturated rings. The molecule has 0 spiro atoms. The Kier molecular flexibility index (Phi) is 5.12. The molecule has 0 aliphatic heterocycles. The van der Waals surface area contributed by atoms with Crippen LogP contribution in [-0.4, -0.2) is 24.9 Å². The minimum atomic E-state index is -4.45. The fraction of sp³-hybridized carbons (Fsp3) is 0.273. The summed E-state index contributed by atoms with van der Waals surface area (Å²) in [5.41, 5.74) is 1.65. The van der Waals surface area contributed by atoms with E-state index >= 15 is 0 Å². The lowest BCUT2D eigenvalue weighted by atomic mass is 9.96. The molecule has 6 nitrogen and oxygen atoms in total. The number of alkyl halides is 3. The number of halogens is 3. The average Bonchev–Trinajstić information content (AvgIpc) is 3.34. The first-order valence-corrected chi connectivity index (χ1v) is 9.60. The minimum absolute atomic E-state index is 0.0386. The Bertz CT molecular complexity index is 1190. The first-order valence-electron chi connectivity index (χ1n) is 9.60. The van der Waals surface area contributed by atoms with Crippen LogP contribution < -0.4 is 0 Å². The summed E-state index contributed by atoms with van der Waals surface area (Å²) in [4.78, 5) is 8.42. The monoisotopic (exact) mass is 427 g/mol. The van der Waals surface area contributed by atoms with E-state index in [0.717, 1.165) is 23.4 Å². The van der Waals surface area contributed by atoms with Gasteiger partial charge in [-0.05, 0) is 29.7 Å². The Labute approximate surface area is 176 Å². The molecule has 4 rings (SSSR count). The Hall–Kier alpha value is -3.49. The molecule has 9 heteroatoms. The van der Waals surface area contributed by atoms with Crippen LogP contribution in [0.1, 0.15) is 26.3 Å². The van der Waals surface area contributed by atoms with Crippen LogP contribution in [0.4, 0.5) is 13.2 Å². The van der Waals surface area contributed by atoms with E-state index in [-0.39, 0.29) is 22.7 Å². The number of pyridine rings is 1. The zero-order valence-electron chi connectivity index (χ0n) is 17.2. The summed E-state index contributed by atoms with van der Waals surface area (Å²) in [5, 5.41) is 8.40. The van der Waals surface area contributed by atoms with E-state index in [0.29, 0.717) is 12.1 Å². The molecule has 0 saturated carbocycles. The summed E-state index contributed by atoms with van der Waals surface area (Å²) in [6.07, 6.45) is 0.529. The Morgan fingerprint density at radius 2 is 1.74 bits per heavy atom. The van der Waals surface area contributed by atoms with Crippen molar-refractivity contribution >= 4 is 0 Å². The zero-order valence-corrected chi connectivity index (χ0v) is 17.2. The van der Waals surface area contributed by atoms with Gasteiger partial charge in [-0.25, -0.2) is 0 Å². The molecule has 31 heavy (non-hydrogen) atoms. The van der Waals surface area contributed by atoms with Crippen molar-refractivity contribution in [1.82, 2.24) is 24.9 Å². The third kappa shape index (κ3) is 4.50. The number of aromatic nitrogens is 5. The van der Waals surface area contributed by atoms with Crippen LogP contribution >= 0.6 is 0 Å². The molecule has 0 N–H and O–H groups in total. The number of hydrogen-bond acceptors (Lipinski definition) is 5. The number of rotatable bonds is 4. The van der Waals surface area contributed by atoms with Gasteiger partial charge >= 0.3 is 6.18 Å². The first kappa shape index (κ1) is 20.8. The number of hydrogen-bond donors (Lipinski definition) is 0. The van der Waals surface area contributed by atoms with Gasteiger partial charge in [-0.1, -0.05) is 38.1 Å². The summed E-state index contributed by atoms with van der Waals surface area (Å²) < 4.78 is 46.4. The molecule has 0 aliphatic carbocycles. The predicted octanol–water partition coefficient (Wildman–Crippen LogP) is 5.73. The van der Waals surface area contributed by atoms with Crippen molar-refractivity contribution in [3.8, 4) is 34.1 Å². The van der Waals surface area contributed by atoms with Crippen LogP contribution in [0.25, 0.3) is 34.1 Å². The predicted molar refractivity (Wildman–Crippen MR) is 109 cm³/mol. The van der Waals surface area contributed by atoms with Gasteiger partial charge in [0.25, 0.3) is 5.89 Å². The second kappa shape index (κ2) is 7.64. The Morgan fingerprint density at radius 3 is 2.42 bits per heavy atom. The summed E-state index contributed by atoms with van der Waals surface area (Å²) in [6.45, 7) is 6.94. The van der Waals surface area contributed by atoms with Crippen molar-refractivity contribution in [2.45, 2.75) is 33.5 Å². The van der Waals surface area contributed by atoms with E-state index in [9.17, 15) is 13.2 Å². The van der Waals surface area contributed by atoms with Crippen LogP contribution in [0.5, 0.6) is 0 Å². The molecule has 0 atom stereocenters. The van der Waals surface area contributed by atoms with E-state index < -0.39 is 11.7 Å². The van der Waals surface area contributed by atoms with E-state index in [1.807, 2.05) is 16.8 Å². The maximum Gasteiger partial charge on any atom is 0.416 e. The quantitative estimate of drug-likeness (QED) is 0.416. The molecule has 0 unspecified atom stereocenters. The average molecular weight is 427 g/mol. The van der Waals surface area contributed by atoms with Crippen LogP contribution in [0.2, 0.25) is 0 Å². The molecule has 160 valence electrons. The highest BCUT2D eigenvalue weighted by Crippen LogP contribution is 2.35. The molecule has 0 saturated heterocycles. The highest BCUT2D eigenvalue weighted by Gasteiger charge is 2.31. The van der Waals surface area contributed by atoms with Gasteiger partial charge in [0.15, 0.2) is 0 Å². The molecule has 0 bridgehead atoms. The first-order chi connectivity index (χ1) is 14.6. The van der Waals surface area contributed by atoms with Crippen LogP contribution in [0.15, 0.2) is 59.5 Å². The maximum absolute atomic E-state index is 13.1. The third-order valence-electron chi connectivity index (χ3n) is 4.52. The fourth-order valence-corrected chi connectivity index (χ4v) is 3.21. The Balaban J connectivity index is 1.78. The zero-order chi connectivity index (χ0) is 22.2. The standard InChI is InChI=1S/C22H20F3N5O/c1-21(2,3)13-30-18(14-7-9-26-10-8-14)17(12-27-30)20-28-19(29-31-20)15-5-4-6-16(11-15)22(23,24)25/h4-12H,13H2,1-3H3. The van der Waals surface area contributed by atoms with Crippen molar-refractivity contribution in [3.05, 3.63) is 60.6 Å². The molecule has 0 amide bonds. The van der Waals surface area contributed by atoms with E-state index in [1.165, 1.54) is 12.1 Å². The van der Waals surface area contributed by atoms with Gasteiger partial charge in [0.1, 0.15) is 0 Å². The van der Waals surface area contributed by atoms with Crippen LogP contribution in [0.3, 0.4) is 0 Å². The number of benzene rings is 1. The van der Waals surface area contributed by atoms with Gasteiger partial charge in [0.2, 0.25) is 5.82 Å². The van der Waals surface area contributed by atoms with Crippen molar-refractivity contribution < 1.29 is 17.7 Å². The van der Waals surface area contributed by atoms with Crippen molar-refractivity contribution in [2.75, 3.05) is 0 Å². The highest BCUT2D eigenvalue weighted by atomic mass is 19.4. The summed E-state index contributed by atoms with van der Waals surface area (Å²) in [7, 11) is 0. The summed E-state index contributed by atoms with van der Waals surface area (Å²) in [6, 6.07) is 8.53. The van der Waals surface area contributed by atoms with Gasteiger partial charge in [-0.2, -0.15) is 23.3 Å². The van der Waals surface area contributed by atoms with Crippen molar-refractivity contribution in [3.63, 3.8) is 0 Å². The van der Waals surface area contributed by atoms with Gasteiger partial charge < -0.3 is 4.52 Å². The van der Waals surface area contributed by atoms with Crippen molar-refractivity contribution in [2.24, 2.45) is 5.41 Å². The minimum Gasteiger partial charge on any atom is -0.333 e. The smallest absolute Gasteiger partial charge is 0.333 e.